The Morgan fingerprint density at radius 1 is 1.25 bits per heavy atom. The molecule has 0 aliphatic carbocycles. The monoisotopic (exact) mass is 274 g/mol. The Morgan fingerprint density at radius 3 is 2.75 bits per heavy atom. The van der Waals surface area contributed by atoms with Crippen LogP contribution in [0.25, 0.3) is 0 Å². The number of rotatable bonds is 4. The Kier molecular flexibility index (Phi) is 4.05. The van der Waals surface area contributed by atoms with E-state index in [9.17, 15) is 14.0 Å². The fourth-order valence-corrected chi connectivity index (χ4v) is 1.65. The van der Waals surface area contributed by atoms with E-state index in [4.69, 9.17) is 5.11 Å². The first-order valence-electron chi connectivity index (χ1n) is 5.79. The molecule has 1 aromatic heterocycles. The van der Waals surface area contributed by atoms with E-state index in [0.29, 0.717) is 5.56 Å². The van der Waals surface area contributed by atoms with E-state index in [1.807, 2.05) is 0 Å². The minimum atomic E-state index is -1.04. The van der Waals surface area contributed by atoms with Crippen LogP contribution < -0.4 is 5.32 Å². The van der Waals surface area contributed by atoms with Gasteiger partial charge >= 0.3 is 5.97 Å². The van der Waals surface area contributed by atoms with E-state index in [-0.39, 0.29) is 17.7 Å². The average Bonchev–Trinajstić information content (AvgIpc) is 2.45. The summed E-state index contributed by atoms with van der Waals surface area (Å²) in [5.41, 5.74) is 0.591. The van der Waals surface area contributed by atoms with Gasteiger partial charge in [-0.25, -0.2) is 9.78 Å². The van der Waals surface area contributed by atoms with Crippen LogP contribution in [0.2, 0.25) is 0 Å². The maximum atomic E-state index is 13.3. The largest absolute Gasteiger partial charge is 0.478 e. The number of hydrogen-bond donors (Lipinski definition) is 2. The van der Waals surface area contributed by atoms with Crippen molar-refractivity contribution >= 4 is 11.9 Å². The second-order valence-corrected chi connectivity index (χ2v) is 4.03. The van der Waals surface area contributed by atoms with Gasteiger partial charge in [0.2, 0.25) is 5.95 Å². The minimum Gasteiger partial charge on any atom is -0.478 e. The number of carboxylic acid groups (broad SMARTS) is 1. The van der Waals surface area contributed by atoms with Crippen LogP contribution in [0.1, 0.15) is 26.3 Å². The van der Waals surface area contributed by atoms with Gasteiger partial charge in [0.05, 0.1) is 11.1 Å². The third kappa shape index (κ3) is 3.17. The van der Waals surface area contributed by atoms with Crippen LogP contribution >= 0.6 is 0 Å². The molecule has 2 N–H and O–H groups in total. The lowest BCUT2D eigenvalue weighted by Gasteiger charge is -2.06. The zero-order valence-electron chi connectivity index (χ0n) is 10.3. The van der Waals surface area contributed by atoms with Crippen molar-refractivity contribution in [2.24, 2.45) is 0 Å². The normalized spacial score (nSPS) is 10.1. The fourth-order valence-electron chi connectivity index (χ4n) is 1.65. The molecule has 1 aromatic carbocycles. The summed E-state index contributed by atoms with van der Waals surface area (Å²) in [5.74, 6) is -2.49. The third-order valence-electron chi connectivity index (χ3n) is 2.63. The maximum absolute atomic E-state index is 13.3. The molecule has 0 saturated heterocycles. The van der Waals surface area contributed by atoms with Crippen molar-refractivity contribution in [1.29, 1.82) is 0 Å². The van der Waals surface area contributed by atoms with Gasteiger partial charge < -0.3 is 10.4 Å². The van der Waals surface area contributed by atoms with Crippen LogP contribution in [-0.4, -0.2) is 22.0 Å². The number of aromatic carboxylic acids is 1. The topological polar surface area (TPSA) is 79.3 Å². The number of carboxylic acids is 1. The third-order valence-corrected chi connectivity index (χ3v) is 2.63. The van der Waals surface area contributed by atoms with Gasteiger partial charge in [0.1, 0.15) is 0 Å². The van der Waals surface area contributed by atoms with Crippen LogP contribution in [0.4, 0.5) is 4.39 Å². The molecule has 0 saturated carbocycles. The van der Waals surface area contributed by atoms with Crippen molar-refractivity contribution in [3.8, 4) is 0 Å². The van der Waals surface area contributed by atoms with Gasteiger partial charge in [-0.1, -0.05) is 12.1 Å². The average molecular weight is 274 g/mol. The summed E-state index contributed by atoms with van der Waals surface area (Å²) < 4.78 is 13.3. The molecule has 5 nitrogen and oxygen atoms in total. The molecule has 6 heteroatoms. The summed E-state index contributed by atoms with van der Waals surface area (Å²) >= 11 is 0. The molecule has 0 aliphatic rings. The molecule has 102 valence electrons. The standard InChI is InChI=1S/C14H11FN2O3/c15-12-11(5-2-6-16-12)13(18)17-8-9-3-1-4-10(7-9)14(19)20/h1-7H,8H2,(H,17,18)(H,19,20). The number of aromatic nitrogens is 1. The molecule has 1 amide bonds. The molecule has 2 aromatic rings. The summed E-state index contributed by atoms with van der Waals surface area (Å²) in [7, 11) is 0. The van der Waals surface area contributed by atoms with Crippen molar-refractivity contribution in [2.45, 2.75) is 6.54 Å². The van der Waals surface area contributed by atoms with Gasteiger partial charge in [0, 0.05) is 12.7 Å². The lowest BCUT2D eigenvalue weighted by Crippen LogP contribution is -2.24. The molecule has 2 rings (SSSR count). The number of benzene rings is 1. The van der Waals surface area contributed by atoms with E-state index >= 15 is 0 Å². The van der Waals surface area contributed by atoms with Crippen molar-refractivity contribution in [1.82, 2.24) is 10.3 Å². The molecule has 0 radical (unpaired) electrons. The van der Waals surface area contributed by atoms with Crippen LogP contribution in [0.15, 0.2) is 42.6 Å². The first-order chi connectivity index (χ1) is 9.58. The summed E-state index contributed by atoms with van der Waals surface area (Å²) in [6, 6.07) is 8.94. The number of carbonyl (C=O) groups is 2. The van der Waals surface area contributed by atoms with Crippen LogP contribution in [0, 0.1) is 5.95 Å². The lowest BCUT2D eigenvalue weighted by molar-refractivity contribution is 0.0696. The highest BCUT2D eigenvalue weighted by molar-refractivity contribution is 5.94. The molecule has 0 atom stereocenters. The number of halogens is 1. The second kappa shape index (κ2) is 5.92. The molecule has 0 spiro atoms. The highest BCUT2D eigenvalue weighted by Crippen LogP contribution is 2.07. The van der Waals surface area contributed by atoms with E-state index in [1.165, 1.54) is 30.5 Å². The van der Waals surface area contributed by atoms with E-state index in [1.54, 1.807) is 12.1 Å². The summed E-state index contributed by atoms with van der Waals surface area (Å²) in [6.07, 6.45) is 1.25. The molecule has 20 heavy (non-hydrogen) atoms. The molecular weight excluding hydrogens is 263 g/mol. The van der Waals surface area contributed by atoms with Gasteiger partial charge in [-0.15, -0.1) is 0 Å². The Morgan fingerprint density at radius 2 is 2.05 bits per heavy atom. The van der Waals surface area contributed by atoms with Crippen molar-refractivity contribution < 1.29 is 19.1 Å². The van der Waals surface area contributed by atoms with Gasteiger partial charge in [-0.2, -0.15) is 4.39 Å². The Hall–Kier alpha value is -2.76. The quantitative estimate of drug-likeness (QED) is 0.834. The van der Waals surface area contributed by atoms with Gasteiger partial charge in [0.15, 0.2) is 0 Å². The van der Waals surface area contributed by atoms with Crippen LogP contribution in [0.5, 0.6) is 0 Å². The zero-order valence-corrected chi connectivity index (χ0v) is 10.3. The summed E-state index contributed by atoms with van der Waals surface area (Å²) in [5, 5.41) is 11.4. The van der Waals surface area contributed by atoms with Gasteiger partial charge in [-0.05, 0) is 29.8 Å². The van der Waals surface area contributed by atoms with E-state index in [2.05, 4.69) is 10.3 Å². The highest BCUT2D eigenvalue weighted by Gasteiger charge is 2.11. The first-order valence-corrected chi connectivity index (χ1v) is 5.79. The van der Waals surface area contributed by atoms with Crippen LogP contribution in [-0.2, 0) is 6.54 Å². The summed E-state index contributed by atoms with van der Waals surface area (Å²) in [4.78, 5) is 25.9. The lowest BCUT2D eigenvalue weighted by atomic mass is 10.1. The smallest absolute Gasteiger partial charge is 0.335 e. The molecule has 0 fully saturated rings. The van der Waals surface area contributed by atoms with Crippen molar-refractivity contribution in [2.75, 3.05) is 0 Å². The zero-order chi connectivity index (χ0) is 14.5. The number of hydrogen-bond acceptors (Lipinski definition) is 3. The Labute approximate surface area is 114 Å². The number of carbonyl (C=O) groups excluding carboxylic acids is 1. The predicted molar refractivity (Wildman–Crippen MR) is 68.8 cm³/mol. The first kappa shape index (κ1) is 13.7. The van der Waals surface area contributed by atoms with Crippen LogP contribution in [0.3, 0.4) is 0 Å². The highest BCUT2D eigenvalue weighted by atomic mass is 19.1. The van der Waals surface area contributed by atoms with Crippen molar-refractivity contribution in [3.63, 3.8) is 0 Å². The molecule has 0 bridgehead atoms. The molecule has 0 unspecified atom stereocenters. The summed E-state index contributed by atoms with van der Waals surface area (Å²) in [6.45, 7) is 0.105. The van der Waals surface area contributed by atoms with Crippen molar-refractivity contribution in [3.05, 3.63) is 65.2 Å². The van der Waals surface area contributed by atoms with Gasteiger partial charge in [-0.3, -0.25) is 4.79 Å². The van der Waals surface area contributed by atoms with Gasteiger partial charge in [0.25, 0.3) is 5.91 Å². The number of nitrogens with one attached hydrogen (secondary N) is 1. The number of nitrogens with zero attached hydrogens (tertiary/aromatic N) is 1. The SMILES string of the molecule is O=C(O)c1cccc(CNC(=O)c2cccnc2F)c1. The Balaban J connectivity index is 2.06. The van der Waals surface area contributed by atoms with E-state index in [0.717, 1.165) is 0 Å². The van der Waals surface area contributed by atoms with E-state index < -0.39 is 17.8 Å². The number of pyridine rings is 1. The predicted octanol–water partition coefficient (Wildman–Crippen LogP) is 1.85. The molecule has 1 heterocycles. The minimum absolute atomic E-state index is 0.105. The second-order valence-electron chi connectivity index (χ2n) is 4.03. The number of amides is 1. The molecule has 0 aliphatic heterocycles. The fraction of sp³-hybridized carbons (Fsp3) is 0.0714. The Bertz CT molecular complexity index is 658. The molecular formula is C14H11FN2O3. The maximum Gasteiger partial charge on any atom is 0.335 e.